The molecule has 12 heteroatoms. The van der Waals surface area contributed by atoms with E-state index in [0.29, 0.717) is 12.2 Å². The average molecular weight is 507 g/mol. The maximum Gasteiger partial charge on any atom is 0.488 e. The Balaban J connectivity index is 1.49. The van der Waals surface area contributed by atoms with Crippen molar-refractivity contribution in [2.45, 2.75) is 18.0 Å². The maximum atomic E-state index is 13.9. The van der Waals surface area contributed by atoms with Crippen LogP contribution in [0.5, 0.6) is 11.5 Å². The summed E-state index contributed by atoms with van der Waals surface area (Å²) in [7, 11) is 1.50. The lowest BCUT2D eigenvalue weighted by molar-refractivity contribution is -0.303. The third kappa shape index (κ3) is 5.09. The molecule has 0 saturated heterocycles. The van der Waals surface area contributed by atoms with Crippen LogP contribution in [0.25, 0.3) is 0 Å². The number of alkyl halides is 4. The van der Waals surface area contributed by atoms with Gasteiger partial charge in [0.25, 0.3) is 11.8 Å². The highest BCUT2D eigenvalue weighted by Gasteiger charge is 2.63. The van der Waals surface area contributed by atoms with Gasteiger partial charge in [-0.05, 0) is 53.6 Å². The highest BCUT2D eigenvalue weighted by atomic mass is 35.5. The van der Waals surface area contributed by atoms with Gasteiger partial charge in [0.2, 0.25) is 0 Å². The molecule has 0 spiro atoms. The molecule has 8 nitrogen and oxygen atoms in total. The highest BCUT2D eigenvalue weighted by molar-refractivity contribution is 6.22. The van der Waals surface area contributed by atoms with E-state index in [4.69, 9.17) is 11.6 Å². The van der Waals surface area contributed by atoms with Gasteiger partial charge in [0.1, 0.15) is 5.69 Å². The number of fused-ring (bicyclic) bond motifs is 1. The SMILES string of the molecule is CNC(=O)c1cc(CNc2ccccc2C(=O)Nc2ccc3c(c2)OC(F)(Cl)C(F)(F)O3)ccn1. The van der Waals surface area contributed by atoms with Crippen LogP contribution in [0.1, 0.15) is 26.4 Å². The van der Waals surface area contributed by atoms with Crippen LogP contribution >= 0.6 is 11.6 Å². The second-order valence-corrected chi connectivity index (χ2v) is 7.87. The molecule has 2 amide bonds. The Morgan fingerprint density at radius 1 is 1.00 bits per heavy atom. The molecule has 1 atom stereocenters. The molecular formula is C23H18ClF3N4O4. The van der Waals surface area contributed by atoms with Gasteiger partial charge in [-0.3, -0.25) is 14.6 Å². The summed E-state index contributed by atoms with van der Waals surface area (Å²) in [6.45, 7) is 0.295. The second-order valence-electron chi connectivity index (χ2n) is 7.38. The zero-order chi connectivity index (χ0) is 25.2. The van der Waals surface area contributed by atoms with Gasteiger partial charge in [0, 0.05) is 37.2 Å². The van der Waals surface area contributed by atoms with Crippen molar-refractivity contribution in [3.05, 3.63) is 77.6 Å². The van der Waals surface area contributed by atoms with Crippen molar-refractivity contribution in [3.8, 4) is 11.5 Å². The molecule has 2 aromatic carbocycles. The molecule has 0 fully saturated rings. The summed E-state index contributed by atoms with van der Waals surface area (Å²) in [5.74, 6) is -1.69. The molecule has 4 rings (SSSR count). The van der Waals surface area contributed by atoms with Gasteiger partial charge in [-0.15, -0.1) is 0 Å². The zero-order valence-electron chi connectivity index (χ0n) is 18.1. The number of nitrogens with one attached hydrogen (secondary N) is 3. The minimum absolute atomic E-state index is 0.134. The molecule has 0 aliphatic carbocycles. The number of ether oxygens (including phenoxy) is 2. The number of carbonyl (C=O) groups is 2. The van der Waals surface area contributed by atoms with Crippen LogP contribution in [0.4, 0.5) is 24.5 Å². The molecule has 1 aliphatic heterocycles. The van der Waals surface area contributed by atoms with Crippen molar-refractivity contribution in [1.29, 1.82) is 0 Å². The van der Waals surface area contributed by atoms with E-state index in [1.165, 1.54) is 19.3 Å². The standard InChI is InChI=1S/C23H18ClF3N4O4/c1-28-21(33)17-10-13(8-9-29-17)12-30-16-5-3-2-4-15(16)20(32)31-14-6-7-18-19(11-14)34-22(24,25)23(26,27)35-18/h2-11,30H,12H2,1H3,(H,28,33)(H,31,32). The van der Waals surface area contributed by atoms with E-state index in [1.54, 1.807) is 36.4 Å². The van der Waals surface area contributed by atoms with Crippen LogP contribution < -0.4 is 25.4 Å². The number of halogens is 4. The van der Waals surface area contributed by atoms with Crippen LogP contribution in [-0.4, -0.2) is 35.3 Å². The molecule has 0 radical (unpaired) electrons. The van der Waals surface area contributed by atoms with E-state index in [-0.39, 0.29) is 22.9 Å². The van der Waals surface area contributed by atoms with Crippen molar-refractivity contribution in [3.63, 3.8) is 0 Å². The Morgan fingerprint density at radius 3 is 2.54 bits per heavy atom. The minimum atomic E-state index is -4.40. The first kappa shape index (κ1) is 24.1. The van der Waals surface area contributed by atoms with E-state index in [2.05, 4.69) is 30.4 Å². The number of anilines is 2. The monoisotopic (exact) mass is 506 g/mol. The predicted octanol–water partition coefficient (Wildman–Crippen LogP) is 4.53. The normalized spacial score (nSPS) is 17.9. The summed E-state index contributed by atoms with van der Waals surface area (Å²) in [5, 5.41) is 4.33. The Morgan fingerprint density at radius 2 is 1.77 bits per heavy atom. The quantitative estimate of drug-likeness (QED) is 0.425. The van der Waals surface area contributed by atoms with E-state index in [9.17, 15) is 22.8 Å². The highest BCUT2D eigenvalue weighted by Crippen LogP contribution is 2.48. The number of carbonyl (C=O) groups excluding carboxylic acids is 2. The second kappa shape index (κ2) is 9.34. The maximum absolute atomic E-state index is 13.9. The van der Waals surface area contributed by atoms with Crippen molar-refractivity contribution in [2.24, 2.45) is 0 Å². The number of para-hydroxylation sites is 1. The number of amides is 2. The fraction of sp³-hybridized carbons (Fsp3) is 0.174. The molecular weight excluding hydrogens is 489 g/mol. The topological polar surface area (TPSA) is 102 Å². The average Bonchev–Trinajstić information content (AvgIpc) is 2.83. The van der Waals surface area contributed by atoms with Crippen LogP contribution in [0.15, 0.2) is 60.8 Å². The number of nitrogens with zero attached hydrogens (tertiary/aromatic N) is 1. The van der Waals surface area contributed by atoms with Gasteiger partial charge < -0.3 is 25.4 Å². The largest absolute Gasteiger partial charge is 0.488 e. The lowest BCUT2D eigenvalue weighted by atomic mass is 10.1. The molecule has 0 saturated carbocycles. The predicted molar refractivity (Wildman–Crippen MR) is 122 cm³/mol. The molecule has 1 unspecified atom stereocenters. The van der Waals surface area contributed by atoms with Crippen LogP contribution in [0.3, 0.4) is 0 Å². The fourth-order valence-electron chi connectivity index (χ4n) is 3.21. The van der Waals surface area contributed by atoms with Crippen molar-refractivity contribution >= 4 is 34.8 Å². The summed E-state index contributed by atoms with van der Waals surface area (Å²) in [6, 6.07) is 13.5. The van der Waals surface area contributed by atoms with E-state index >= 15 is 0 Å². The Bertz CT molecular complexity index is 1290. The van der Waals surface area contributed by atoms with Crippen LogP contribution in [0, 0.1) is 0 Å². The van der Waals surface area contributed by atoms with E-state index in [0.717, 1.165) is 17.7 Å². The molecule has 3 aromatic rings. The first-order chi connectivity index (χ1) is 16.6. The summed E-state index contributed by atoms with van der Waals surface area (Å²) in [5.41, 5.74) is 1.90. The van der Waals surface area contributed by atoms with E-state index in [1.807, 2.05) is 0 Å². The number of hydrogen-bond donors (Lipinski definition) is 3. The smallest absolute Gasteiger partial charge is 0.434 e. The number of benzene rings is 2. The number of rotatable bonds is 6. The molecule has 182 valence electrons. The Labute approximate surface area is 202 Å². The first-order valence-corrected chi connectivity index (χ1v) is 10.6. The third-order valence-electron chi connectivity index (χ3n) is 4.96. The van der Waals surface area contributed by atoms with Gasteiger partial charge in [0.05, 0.1) is 5.56 Å². The summed E-state index contributed by atoms with van der Waals surface area (Å²) < 4.78 is 49.8. The van der Waals surface area contributed by atoms with Crippen molar-refractivity contribution < 1.29 is 32.2 Å². The summed E-state index contributed by atoms with van der Waals surface area (Å²) in [4.78, 5) is 28.7. The Kier molecular flexibility index (Phi) is 6.44. The molecule has 3 N–H and O–H groups in total. The molecule has 2 heterocycles. The van der Waals surface area contributed by atoms with Gasteiger partial charge >= 0.3 is 11.4 Å². The van der Waals surface area contributed by atoms with Crippen LogP contribution in [0.2, 0.25) is 0 Å². The minimum Gasteiger partial charge on any atom is -0.434 e. The Hall–Kier alpha value is -3.99. The molecule has 1 aromatic heterocycles. The van der Waals surface area contributed by atoms with Gasteiger partial charge in [-0.2, -0.15) is 13.2 Å². The lowest BCUT2D eigenvalue weighted by Crippen LogP contribution is -2.51. The summed E-state index contributed by atoms with van der Waals surface area (Å²) in [6.07, 6.45) is -2.89. The zero-order valence-corrected chi connectivity index (χ0v) is 18.8. The van der Waals surface area contributed by atoms with Gasteiger partial charge in [0.15, 0.2) is 11.5 Å². The number of aromatic nitrogens is 1. The number of pyridine rings is 1. The molecule has 0 bridgehead atoms. The molecule has 35 heavy (non-hydrogen) atoms. The number of hydrogen-bond acceptors (Lipinski definition) is 6. The first-order valence-electron chi connectivity index (χ1n) is 10.2. The van der Waals surface area contributed by atoms with Crippen molar-refractivity contribution in [2.75, 3.05) is 17.7 Å². The van der Waals surface area contributed by atoms with Gasteiger partial charge in [-0.25, -0.2) is 0 Å². The van der Waals surface area contributed by atoms with Crippen molar-refractivity contribution in [1.82, 2.24) is 10.3 Å². The lowest BCUT2D eigenvalue weighted by Gasteiger charge is -2.33. The van der Waals surface area contributed by atoms with E-state index < -0.39 is 28.8 Å². The van der Waals surface area contributed by atoms with Crippen LogP contribution in [-0.2, 0) is 6.54 Å². The van der Waals surface area contributed by atoms with Gasteiger partial charge in [-0.1, -0.05) is 12.1 Å². The fourth-order valence-corrected chi connectivity index (χ4v) is 3.33. The third-order valence-corrected chi connectivity index (χ3v) is 5.25. The molecule has 1 aliphatic rings. The summed E-state index contributed by atoms with van der Waals surface area (Å²) >= 11 is 5.10.